The molecule has 1 saturated heterocycles. The molecule has 0 bridgehead atoms. The van der Waals surface area contributed by atoms with Gasteiger partial charge in [0.1, 0.15) is 5.82 Å². The van der Waals surface area contributed by atoms with Crippen LogP contribution in [0.4, 0.5) is 5.82 Å². The minimum atomic E-state index is -3.47. The molecule has 0 aliphatic carbocycles. The van der Waals surface area contributed by atoms with Gasteiger partial charge in [-0.05, 0) is 36.1 Å². The van der Waals surface area contributed by atoms with Gasteiger partial charge < -0.3 is 4.90 Å². The van der Waals surface area contributed by atoms with E-state index in [2.05, 4.69) is 14.6 Å². The number of sulfonamides is 1. The van der Waals surface area contributed by atoms with Crippen LogP contribution in [0.5, 0.6) is 0 Å². The molecule has 1 aliphatic rings. The molecule has 0 saturated carbocycles. The van der Waals surface area contributed by atoms with Crippen LogP contribution >= 0.6 is 0 Å². The van der Waals surface area contributed by atoms with E-state index in [0.717, 1.165) is 30.0 Å². The number of nitrogens with one attached hydrogen (secondary N) is 1. The molecule has 1 aliphatic heterocycles. The zero-order valence-electron chi connectivity index (χ0n) is 13.4. The quantitative estimate of drug-likeness (QED) is 0.876. The number of hydrogen-bond donors (Lipinski definition) is 1. The Labute approximate surface area is 143 Å². The second-order valence-electron chi connectivity index (χ2n) is 5.80. The Morgan fingerprint density at radius 2 is 1.83 bits per heavy atom. The summed E-state index contributed by atoms with van der Waals surface area (Å²) in [5.74, 6) is 0.961. The van der Waals surface area contributed by atoms with Crippen LogP contribution in [0, 0.1) is 0 Å². The molecule has 24 heavy (non-hydrogen) atoms. The predicted molar refractivity (Wildman–Crippen MR) is 96.9 cm³/mol. The Kier molecular flexibility index (Phi) is 5.27. The Morgan fingerprint density at radius 1 is 1.08 bits per heavy atom. The van der Waals surface area contributed by atoms with Crippen LogP contribution < -0.4 is 9.62 Å². The normalized spacial score (nSPS) is 15.2. The standard InChI is InChI=1S/C18H21N3O2S/c22-24(23,13-10-16-6-2-1-3-7-16)20-15-17-8-9-18(19-14-17)21-11-4-5-12-21/h1-3,6-10,13-14,20H,4-5,11-12,15H2. The minimum Gasteiger partial charge on any atom is -0.357 e. The van der Waals surface area contributed by atoms with E-state index in [1.54, 1.807) is 12.3 Å². The topological polar surface area (TPSA) is 62.3 Å². The summed E-state index contributed by atoms with van der Waals surface area (Å²) >= 11 is 0. The van der Waals surface area contributed by atoms with E-state index in [0.29, 0.717) is 0 Å². The average Bonchev–Trinajstić information content (AvgIpc) is 3.15. The van der Waals surface area contributed by atoms with Crippen molar-refractivity contribution >= 4 is 21.9 Å². The van der Waals surface area contributed by atoms with Crippen molar-refractivity contribution in [3.8, 4) is 0 Å². The molecule has 2 aromatic rings. The summed E-state index contributed by atoms with van der Waals surface area (Å²) in [6, 6.07) is 13.2. The first-order chi connectivity index (χ1) is 11.6. The van der Waals surface area contributed by atoms with Crippen molar-refractivity contribution in [1.29, 1.82) is 0 Å². The van der Waals surface area contributed by atoms with Gasteiger partial charge in [0.05, 0.1) is 0 Å². The van der Waals surface area contributed by atoms with E-state index < -0.39 is 10.0 Å². The van der Waals surface area contributed by atoms with Crippen molar-refractivity contribution in [2.75, 3.05) is 18.0 Å². The highest BCUT2D eigenvalue weighted by Gasteiger charge is 2.13. The van der Waals surface area contributed by atoms with Gasteiger partial charge in [-0.2, -0.15) is 0 Å². The van der Waals surface area contributed by atoms with Gasteiger partial charge in [-0.1, -0.05) is 36.4 Å². The van der Waals surface area contributed by atoms with Crippen molar-refractivity contribution < 1.29 is 8.42 Å². The summed E-state index contributed by atoms with van der Waals surface area (Å²) < 4.78 is 26.6. The summed E-state index contributed by atoms with van der Waals surface area (Å²) in [5.41, 5.74) is 1.69. The Bertz CT molecular complexity index is 781. The molecular formula is C18H21N3O2S. The number of anilines is 1. The Morgan fingerprint density at radius 3 is 2.50 bits per heavy atom. The van der Waals surface area contributed by atoms with Gasteiger partial charge in [0.25, 0.3) is 0 Å². The van der Waals surface area contributed by atoms with Crippen LogP contribution in [-0.2, 0) is 16.6 Å². The monoisotopic (exact) mass is 343 g/mol. The summed E-state index contributed by atoms with van der Waals surface area (Å²) in [6.07, 6.45) is 5.72. The zero-order chi connectivity index (χ0) is 16.8. The van der Waals surface area contributed by atoms with Crippen LogP contribution in [0.15, 0.2) is 54.1 Å². The lowest BCUT2D eigenvalue weighted by Gasteiger charge is -2.16. The van der Waals surface area contributed by atoms with Crippen molar-refractivity contribution in [2.45, 2.75) is 19.4 Å². The third-order valence-electron chi connectivity index (χ3n) is 3.96. The van der Waals surface area contributed by atoms with Gasteiger partial charge in [-0.3, -0.25) is 0 Å². The molecule has 3 rings (SSSR count). The van der Waals surface area contributed by atoms with Crippen molar-refractivity contribution in [1.82, 2.24) is 9.71 Å². The van der Waals surface area contributed by atoms with Gasteiger partial charge in [0.15, 0.2) is 0 Å². The molecule has 1 aromatic carbocycles. The lowest BCUT2D eigenvalue weighted by molar-refractivity contribution is 0.590. The predicted octanol–water partition coefficient (Wildman–Crippen LogP) is 2.77. The Balaban J connectivity index is 1.57. The summed E-state index contributed by atoms with van der Waals surface area (Å²) in [7, 11) is -3.47. The first-order valence-corrected chi connectivity index (χ1v) is 9.60. The lowest BCUT2D eigenvalue weighted by atomic mass is 10.2. The fourth-order valence-corrected chi connectivity index (χ4v) is 3.42. The number of benzene rings is 1. The average molecular weight is 343 g/mol. The highest BCUT2D eigenvalue weighted by atomic mass is 32.2. The SMILES string of the molecule is O=S(=O)(C=Cc1ccccc1)NCc1ccc(N2CCCC2)nc1. The number of nitrogens with zero attached hydrogens (tertiary/aromatic N) is 2. The van der Waals surface area contributed by atoms with Crippen molar-refractivity contribution in [3.63, 3.8) is 0 Å². The molecule has 5 nitrogen and oxygen atoms in total. The third-order valence-corrected chi connectivity index (χ3v) is 5.00. The van der Waals surface area contributed by atoms with Crippen LogP contribution in [0.25, 0.3) is 6.08 Å². The number of hydrogen-bond acceptors (Lipinski definition) is 4. The molecule has 0 radical (unpaired) electrons. The minimum absolute atomic E-state index is 0.231. The highest BCUT2D eigenvalue weighted by molar-refractivity contribution is 7.92. The molecule has 6 heteroatoms. The van der Waals surface area contributed by atoms with E-state index in [-0.39, 0.29) is 6.54 Å². The van der Waals surface area contributed by atoms with E-state index in [1.807, 2.05) is 42.5 Å². The molecule has 1 aromatic heterocycles. The maximum absolute atomic E-state index is 12.0. The molecule has 126 valence electrons. The maximum atomic E-state index is 12.0. The van der Waals surface area contributed by atoms with Gasteiger partial charge in [0.2, 0.25) is 10.0 Å². The molecule has 0 amide bonds. The van der Waals surface area contributed by atoms with Gasteiger partial charge >= 0.3 is 0 Å². The highest BCUT2D eigenvalue weighted by Crippen LogP contribution is 2.17. The molecule has 0 unspecified atom stereocenters. The third kappa shape index (κ3) is 4.66. The maximum Gasteiger partial charge on any atom is 0.234 e. The summed E-state index contributed by atoms with van der Waals surface area (Å²) in [6.45, 7) is 2.32. The smallest absolute Gasteiger partial charge is 0.234 e. The second kappa shape index (κ2) is 7.59. The van der Waals surface area contributed by atoms with Gasteiger partial charge in [-0.15, -0.1) is 0 Å². The molecule has 1 fully saturated rings. The number of rotatable bonds is 6. The van der Waals surface area contributed by atoms with Gasteiger partial charge in [0, 0.05) is 31.2 Å². The Hall–Kier alpha value is -2.18. The first-order valence-electron chi connectivity index (χ1n) is 8.05. The fourth-order valence-electron chi connectivity index (χ4n) is 2.62. The van der Waals surface area contributed by atoms with Crippen molar-refractivity contribution in [2.24, 2.45) is 0 Å². The molecule has 2 heterocycles. The number of aromatic nitrogens is 1. The van der Waals surface area contributed by atoms with Crippen LogP contribution in [0.2, 0.25) is 0 Å². The van der Waals surface area contributed by atoms with Gasteiger partial charge in [-0.25, -0.2) is 18.1 Å². The van der Waals surface area contributed by atoms with E-state index >= 15 is 0 Å². The molecular weight excluding hydrogens is 322 g/mol. The van der Waals surface area contributed by atoms with Crippen LogP contribution in [0.3, 0.4) is 0 Å². The van der Waals surface area contributed by atoms with Crippen LogP contribution in [-0.4, -0.2) is 26.5 Å². The van der Waals surface area contributed by atoms with E-state index in [9.17, 15) is 8.42 Å². The largest absolute Gasteiger partial charge is 0.357 e. The van der Waals surface area contributed by atoms with E-state index in [4.69, 9.17) is 0 Å². The number of pyridine rings is 1. The van der Waals surface area contributed by atoms with E-state index in [1.165, 1.54) is 18.2 Å². The first kappa shape index (κ1) is 16.7. The second-order valence-corrected chi connectivity index (χ2v) is 7.45. The summed E-state index contributed by atoms with van der Waals surface area (Å²) in [4.78, 5) is 6.67. The molecule has 1 N–H and O–H groups in total. The molecule has 0 atom stereocenters. The fraction of sp³-hybridized carbons (Fsp3) is 0.278. The zero-order valence-corrected chi connectivity index (χ0v) is 14.2. The summed E-state index contributed by atoms with van der Waals surface area (Å²) in [5, 5.41) is 1.19. The van der Waals surface area contributed by atoms with Crippen LogP contribution in [0.1, 0.15) is 24.0 Å². The molecule has 0 spiro atoms. The lowest BCUT2D eigenvalue weighted by Crippen LogP contribution is -2.21. The van der Waals surface area contributed by atoms with Crippen molar-refractivity contribution in [3.05, 3.63) is 65.2 Å².